The van der Waals surface area contributed by atoms with Crippen LogP contribution in [0.15, 0.2) is 11.6 Å². The van der Waals surface area contributed by atoms with Crippen LogP contribution in [0.25, 0.3) is 0 Å². The van der Waals surface area contributed by atoms with E-state index in [1.54, 1.807) is 19.4 Å². The van der Waals surface area contributed by atoms with E-state index >= 15 is 0 Å². The zero-order chi connectivity index (χ0) is 13.3. The first-order valence-electron chi connectivity index (χ1n) is 4.97. The Kier molecular flexibility index (Phi) is 3.11. The lowest BCUT2D eigenvalue weighted by atomic mass is 10.4. The number of nitrogens with zero attached hydrogens (tertiary/aromatic N) is 3. The molecule has 94 valence electrons. The largest absolute Gasteiger partial charge is 0.475 e. The Labute approximate surface area is 106 Å². The Bertz CT molecular complexity index is 616. The van der Waals surface area contributed by atoms with E-state index in [9.17, 15) is 9.59 Å². The molecule has 0 aliphatic carbocycles. The molecule has 0 radical (unpaired) electrons. The number of carbonyl (C=O) groups is 2. The molecule has 0 atom stereocenters. The topological polar surface area (TPSA) is 97.1 Å². The summed E-state index contributed by atoms with van der Waals surface area (Å²) in [7, 11) is 1.54. The molecule has 7 nitrogen and oxygen atoms in total. The third-order valence-corrected chi connectivity index (χ3v) is 2.93. The molecule has 2 aromatic heterocycles. The smallest absolute Gasteiger partial charge is 0.372 e. The van der Waals surface area contributed by atoms with E-state index in [4.69, 9.17) is 5.11 Å². The third-order valence-electron chi connectivity index (χ3n) is 2.16. The van der Waals surface area contributed by atoms with Gasteiger partial charge in [-0.1, -0.05) is 0 Å². The summed E-state index contributed by atoms with van der Waals surface area (Å²) in [5.41, 5.74) is 0.292. The van der Waals surface area contributed by atoms with Crippen molar-refractivity contribution in [1.29, 1.82) is 0 Å². The third kappa shape index (κ3) is 2.38. The first kappa shape index (κ1) is 12.2. The van der Waals surface area contributed by atoms with Gasteiger partial charge in [-0.2, -0.15) is 0 Å². The predicted octanol–water partition coefficient (Wildman–Crippen LogP) is 1.14. The van der Waals surface area contributed by atoms with Crippen LogP contribution in [0.5, 0.6) is 0 Å². The lowest BCUT2D eigenvalue weighted by Crippen LogP contribution is -2.12. The highest BCUT2D eigenvalue weighted by Crippen LogP contribution is 2.12. The molecule has 2 rings (SSSR count). The average Bonchev–Trinajstić information content (AvgIpc) is 2.85. The van der Waals surface area contributed by atoms with Crippen LogP contribution in [0.1, 0.15) is 26.1 Å². The number of aryl methyl sites for hydroxylation is 2. The summed E-state index contributed by atoms with van der Waals surface area (Å²) in [6, 6.07) is 0. The van der Waals surface area contributed by atoms with Gasteiger partial charge < -0.3 is 15.0 Å². The van der Waals surface area contributed by atoms with Gasteiger partial charge in [0.25, 0.3) is 5.91 Å². The molecule has 0 bridgehead atoms. The standard InChI is InChI=1S/C10H10N4O3S/c1-5-11-6(4-18-5)9(15)13-7-3-14(2)8(12-7)10(16)17/h3-4H,1-2H3,(H,13,15)(H,16,17). The van der Waals surface area contributed by atoms with Crippen molar-refractivity contribution >= 4 is 29.0 Å². The number of rotatable bonds is 3. The summed E-state index contributed by atoms with van der Waals surface area (Å²) in [6.45, 7) is 1.80. The van der Waals surface area contributed by atoms with Crippen LogP contribution in [-0.2, 0) is 7.05 Å². The molecule has 2 heterocycles. The highest BCUT2D eigenvalue weighted by molar-refractivity contribution is 7.09. The van der Waals surface area contributed by atoms with Crippen molar-refractivity contribution in [3.05, 3.63) is 28.1 Å². The van der Waals surface area contributed by atoms with Gasteiger partial charge in [0.15, 0.2) is 5.82 Å². The monoisotopic (exact) mass is 266 g/mol. The second-order valence-corrected chi connectivity index (χ2v) is 4.63. The second kappa shape index (κ2) is 4.57. The van der Waals surface area contributed by atoms with E-state index in [2.05, 4.69) is 15.3 Å². The van der Waals surface area contributed by atoms with E-state index in [1.807, 2.05) is 0 Å². The predicted molar refractivity (Wildman–Crippen MR) is 65.0 cm³/mol. The van der Waals surface area contributed by atoms with Crippen molar-refractivity contribution < 1.29 is 14.7 Å². The van der Waals surface area contributed by atoms with Crippen LogP contribution < -0.4 is 5.32 Å². The first-order valence-corrected chi connectivity index (χ1v) is 5.85. The Morgan fingerprint density at radius 3 is 2.67 bits per heavy atom. The summed E-state index contributed by atoms with van der Waals surface area (Å²) in [4.78, 5) is 30.4. The van der Waals surface area contributed by atoms with E-state index in [0.29, 0.717) is 5.69 Å². The van der Waals surface area contributed by atoms with E-state index in [-0.39, 0.29) is 11.6 Å². The maximum absolute atomic E-state index is 11.8. The van der Waals surface area contributed by atoms with Crippen LogP contribution in [0.4, 0.5) is 5.82 Å². The molecule has 0 unspecified atom stereocenters. The number of nitrogens with one attached hydrogen (secondary N) is 1. The maximum Gasteiger partial charge on any atom is 0.372 e. The summed E-state index contributed by atoms with van der Waals surface area (Å²) >= 11 is 1.36. The van der Waals surface area contributed by atoms with E-state index in [1.165, 1.54) is 22.1 Å². The molecule has 0 aliphatic rings. The number of aromatic nitrogens is 3. The molecule has 0 aromatic carbocycles. The number of aromatic carboxylic acids is 1. The zero-order valence-electron chi connectivity index (χ0n) is 9.67. The Balaban J connectivity index is 2.17. The van der Waals surface area contributed by atoms with Gasteiger partial charge in [0.05, 0.1) is 5.01 Å². The van der Waals surface area contributed by atoms with Gasteiger partial charge in [-0.05, 0) is 6.92 Å². The quantitative estimate of drug-likeness (QED) is 0.868. The van der Waals surface area contributed by atoms with Crippen LogP contribution >= 0.6 is 11.3 Å². The molecule has 8 heteroatoms. The van der Waals surface area contributed by atoms with E-state index < -0.39 is 11.9 Å². The number of amides is 1. The maximum atomic E-state index is 11.8. The van der Waals surface area contributed by atoms with Crippen LogP contribution in [0.2, 0.25) is 0 Å². The number of anilines is 1. The van der Waals surface area contributed by atoms with Crippen molar-refractivity contribution in [2.24, 2.45) is 7.05 Å². The fourth-order valence-corrected chi connectivity index (χ4v) is 1.97. The van der Waals surface area contributed by atoms with Gasteiger partial charge in [-0.3, -0.25) is 4.79 Å². The highest BCUT2D eigenvalue weighted by atomic mass is 32.1. The van der Waals surface area contributed by atoms with Crippen LogP contribution in [0, 0.1) is 6.92 Å². The zero-order valence-corrected chi connectivity index (χ0v) is 10.5. The average molecular weight is 266 g/mol. The molecule has 0 saturated carbocycles. The number of carbonyl (C=O) groups excluding carboxylic acids is 1. The number of thiazole rings is 1. The molecule has 0 saturated heterocycles. The number of hydrogen-bond acceptors (Lipinski definition) is 5. The molecular formula is C10H10N4O3S. The number of hydrogen-bond donors (Lipinski definition) is 2. The molecule has 0 spiro atoms. The van der Waals surface area contributed by atoms with Gasteiger partial charge in [0.2, 0.25) is 5.82 Å². The fraction of sp³-hybridized carbons (Fsp3) is 0.200. The SMILES string of the molecule is Cc1nc(C(=O)Nc2cn(C)c(C(=O)O)n2)cs1. The van der Waals surface area contributed by atoms with Gasteiger partial charge in [0, 0.05) is 18.6 Å². The Morgan fingerprint density at radius 2 is 2.17 bits per heavy atom. The lowest BCUT2D eigenvalue weighted by molar-refractivity contribution is 0.0679. The number of imidazole rings is 1. The molecular weight excluding hydrogens is 256 g/mol. The Morgan fingerprint density at radius 1 is 1.44 bits per heavy atom. The minimum Gasteiger partial charge on any atom is -0.475 e. The minimum absolute atomic E-state index is 0.139. The second-order valence-electron chi connectivity index (χ2n) is 3.57. The minimum atomic E-state index is -1.15. The molecule has 0 aliphatic heterocycles. The van der Waals surface area contributed by atoms with Gasteiger partial charge in [-0.25, -0.2) is 14.8 Å². The normalized spacial score (nSPS) is 10.3. The molecule has 1 amide bonds. The summed E-state index contributed by atoms with van der Waals surface area (Å²) < 4.78 is 1.32. The molecule has 2 aromatic rings. The van der Waals surface area contributed by atoms with Crippen LogP contribution in [0.3, 0.4) is 0 Å². The number of carboxylic acids is 1. The van der Waals surface area contributed by atoms with Crippen molar-refractivity contribution in [3.8, 4) is 0 Å². The fourth-order valence-electron chi connectivity index (χ4n) is 1.37. The van der Waals surface area contributed by atoms with Crippen molar-refractivity contribution in [2.75, 3.05) is 5.32 Å². The molecule has 2 N–H and O–H groups in total. The van der Waals surface area contributed by atoms with E-state index in [0.717, 1.165) is 5.01 Å². The summed E-state index contributed by atoms with van der Waals surface area (Å²) in [5, 5.41) is 13.7. The molecule has 0 fully saturated rings. The van der Waals surface area contributed by atoms with Crippen molar-refractivity contribution in [2.45, 2.75) is 6.92 Å². The highest BCUT2D eigenvalue weighted by Gasteiger charge is 2.15. The van der Waals surface area contributed by atoms with Crippen molar-refractivity contribution in [3.63, 3.8) is 0 Å². The van der Waals surface area contributed by atoms with Gasteiger partial charge >= 0.3 is 5.97 Å². The molecule has 18 heavy (non-hydrogen) atoms. The summed E-state index contributed by atoms with van der Waals surface area (Å²) in [6.07, 6.45) is 1.43. The number of carboxylic acid groups (broad SMARTS) is 1. The van der Waals surface area contributed by atoms with Gasteiger partial charge in [0.1, 0.15) is 5.69 Å². The van der Waals surface area contributed by atoms with Gasteiger partial charge in [-0.15, -0.1) is 11.3 Å². The Hall–Kier alpha value is -2.22. The lowest BCUT2D eigenvalue weighted by Gasteiger charge is -1.96. The van der Waals surface area contributed by atoms with Crippen LogP contribution in [-0.4, -0.2) is 31.5 Å². The van der Waals surface area contributed by atoms with Crippen molar-refractivity contribution in [1.82, 2.24) is 14.5 Å². The first-order chi connectivity index (χ1) is 8.47. The summed E-state index contributed by atoms with van der Waals surface area (Å²) in [5.74, 6) is -1.51.